The van der Waals surface area contributed by atoms with Crippen LogP contribution in [0, 0.1) is 12.1 Å². The maximum atomic E-state index is 10.8. The summed E-state index contributed by atoms with van der Waals surface area (Å²) in [4.78, 5) is 5.06. The molecule has 44 heavy (non-hydrogen) atoms. The van der Waals surface area contributed by atoms with Gasteiger partial charge in [0.1, 0.15) is 5.75 Å². The van der Waals surface area contributed by atoms with Gasteiger partial charge in [0, 0.05) is 33.6 Å². The van der Waals surface area contributed by atoms with E-state index in [2.05, 4.69) is 135 Å². The minimum absolute atomic E-state index is 0. The van der Waals surface area contributed by atoms with Crippen LogP contribution in [0.5, 0.6) is 5.75 Å². The number of aromatic hydroxyl groups is 1. The molecule has 3 heteroatoms. The summed E-state index contributed by atoms with van der Waals surface area (Å²) in [5.41, 5.74) is 11.2. The average molecular weight is 763 g/mol. The number of aromatic nitrogens is 1. The number of phenols is 1. The zero-order chi connectivity index (χ0) is 31.2. The van der Waals surface area contributed by atoms with Crippen molar-refractivity contribution >= 4 is 0 Å². The molecule has 0 saturated heterocycles. The average Bonchev–Trinajstić information content (AvgIpc) is 2.96. The summed E-state index contributed by atoms with van der Waals surface area (Å²) in [7, 11) is 0. The molecule has 5 aromatic rings. The van der Waals surface area contributed by atoms with Gasteiger partial charge in [-0.1, -0.05) is 110 Å². The number of nitrogens with zero attached hydrogens (tertiary/aromatic N) is 1. The van der Waals surface area contributed by atoms with E-state index in [9.17, 15) is 5.11 Å². The predicted octanol–water partition coefficient (Wildman–Crippen LogP) is 10.9. The number of hydrogen-bond donors (Lipinski definition) is 1. The Bertz CT molecular complexity index is 1670. The molecule has 2 nitrogen and oxygen atoms in total. The monoisotopic (exact) mass is 762 g/mol. The molecule has 0 fully saturated rings. The van der Waals surface area contributed by atoms with Crippen molar-refractivity contribution in [1.29, 1.82) is 0 Å². The molecule has 0 bridgehead atoms. The number of rotatable bonds is 4. The molecular formula is C41H43AuNO-2. The number of pyridine rings is 1. The van der Waals surface area contributed by atoms with E-state index >= 15 is 0 Å². The van der Waals surface area contributed by atoms with Crippen molar-refractivity contribution in [2.24, 2.45) is 0 Å². The topological polar surface area (TPSA) is 33.1 Å². The van der Waals surface area contributed by atoms with Crippen LogP contribution >= 0.6 is 0 Å². The molecule has 0 atom stereocenters. The third-order valence-corrected chi connectivity index (χ3v) is 8.09. The molecule has 1 heterocycles. The summed E-state index contributed by atoms with van der Waals surface area (Å²) in [5.74, 6) is 0.226. The first-order valence-corrected chi connectivity index (χ1v) is 15.1. The van der Waals surface area contributed by atoms with Gasteiger partial charge in [-0.2, -0.15) is 35.9 Å². The quantitative estimate of drug-likeness (QED) is 0.146. The fourth-order valence-electron chi connectivity index (χ4n) is 5.18. The smallest absolute Gasteiger partial charge is 0.124 e. The van der Waals surface area contributed by atoms with Gasteiger partial charge < -0.3 is 5.11 Å². The zero-order valence-electron chi connectivity index (χ0n) is 27.4. The summed E-state index contributed by atoms with van der Waals surface area (Å²) >= 11 is 0. The molecule has 1 N–H and O–H groups in total. The molecule has 0 saturated carbocycles. The Kier molecular flexibility index (Phi) is 9.52. The van der Waals surface area contributed by atoms with E-state index in [0.717, 1.165) is 50.3 Å². The molecule has 0 amide bonds. The van der Waals surface area contributed by atoms with Crippen LogP contribution in [0.15, 0.2) is 91.0 Å². The summed E-state index contributed by atoms with van der Waals surface area (Å²) < 4.78 is 0. The Morgan fingerprint density at radius 3 is 1.70 bits per heavy atom. The first kappa shape index (κ1) is 33.5. The van der Waals surface area contributed by atoms with Gasteiger partial charge in [-0.3, -0.25) is 4.98 Å². The molecule has 231 valence electrons. The van der Waals surface area contributed by atoms with Gasteiger partial charge in [-0.25, -0.2) is 5.56 Å². The molecule has 4 aromatic carbocycles. The van der Waals surface area contributed by atoms with Gasteiger partial charge in [-0.15, -0.1) is 23.3 Å². The third kappa shape index (κ3) is 7.44. The van der Waals surface area contributed by atoms with Gasteiger partial charge in [0.15, 0.2) is 0 Å². The van der Waals surface area contributed by atoms with Crippen molar-refractivity contribution in [2.45, 2.75) is 78.6 Å². The summed E-state index contributed by atoms with van der Waals surface area (Å²) in [6, 6.07) is 38.6. The van der Waals surface area contributed by atoms with E-state index in [4.69, 9.17) is 4.98 Å². The third-order valence-electron chi connectivity index (χ3n) is 8.09. The first-order valence-electron chi connectivity index (χ1n) is 15.1. The zero-order valence-corrected chi connectivity index (χ0v) is 29.5. The second-order valence-electron chi connectivity index (χ2n) is 14.7. The van der Waals surface area contributed by atoms with Crippen LogP contribution in [0.25, 0.3) is 44.8 Å². The van der Waals surface area contributed by atoms with Crippen molar-refractivity contribution < 1.29 is 27.5 Å². The summed E-state index contributed by atoms with van der Waals surface area (Å²) in [5, 5.41) is 10.8. The second-order valence-corrected chi connectivity index (χ2v) is 14.7. The van der Waals surface area contributed by atoms with Crippen LogP contribution in [0.1, 0.15) is 79.0 Å². The predicted molar refractivity (Wildman–Crippen MR) is 181 cm³/mol. The van der Waals surface area contributed by atoms with Crippen LogP contribution in [0.2, 0.25) is 0 Å². The fourth-order valence-corrected chi connectivity index (χ4v) is 5.18. The van der Waals surface area contributed by atoms with Crippen molar-refractivity contribution in [3.63, 3.8) is 0 Å². The standard InChI is InChI=1S/C41H43NO.Au/c1-39(2,3)32-17-13-27(14-18-32)29-23-30(28-15-19-33(20-16-28)40(4,5)6)25-31(24-29)36-11-10-12-37(42-36)35-26-34(41(7,8)9)21-22-38(35)43;/h10-15,17-24,26,43H,1-9H3;/q-2;. The van der Waals surface area contributed by atoms with Gasteiger partial charge in [0.05, 0.1) is 5.69 Å². The molecule has 0 aliphatic rings. The molecular weight excluding hydrogens is 719 g/mol. The molecule has 0 spiro atoms. The first-order chi connectivity index (χ1) is 20.1. The van der Waals surface area contributed by atoms with Crippen molar-refractivity contribution in [2.75, 3.05) is 0 Å². The van der Waals surface area contributed by atoms with E-state index in [1.165, 1.54) is 11.1 Å². The van der Waals surface area contributed by atoms with E-state index in [1.54, 1.807) is 6.07 Å². The number of hydrogen-bond acceptors (Lipinski definition) is 2. The largest absolute Gasteiger partial charge is 0.507 e. The van der Waals surface area contributed by atoms with Gasteiger partial charge in [0.25, 0.3) is 0 Å². The second kappa shape index (κ2) is 12.5. The van der Waals surface area contributed by atoms with Crippen LogP contribution in [0.4, 0.5) is 0 Å². The Labute approximate surface area is 280 Å². The van der Waals surface area contributed by atoms with E-state index in [-0.39, 0.29) is 44.4 Å². The summed E-state index contributed by atoms with van der Waals surface area (Å²) in [6.45, 7) is 19.9. The molecule has 5 rings (SSSR count). The van der Waals surface area contributed by atoms with Crippen LogP contribution in [0.3, 0.4) is 0 Å². The van der Waals surface area contributed by atoms with E-state index in [0.29, 0.717) is 0 Å². The van der Waals surface area contributed by atoms with E-state index < -0.39 is 0 Å². The van der Waals surface area contributed by atoms with Crippen molar-refractivity contribution in [1.82, 2.24) is 4.98 Å². The molecule has 0 unspecified atom stereocenters. The Morgan fingerprint density at radius 2 is 1.11 bits per heavy atom. The molecule has 1 radical (unpaired) electrons. The number of benzene rings is 4. The minimum atomic E-state index is -0.0430. The van der Waals surface area contributed by atoms with Crippen LogP contribution < -0.4 is 0 Å². The normalized spacial score (nSPS) is 12.1. The molecule has 0 aliphatic carbocycles. The Hall–Kier alpha value is -3.43. The van der Waals surface area contributed by atoms with Crippen LogP contribution in [-0.4, -0.2) is 10.1 Å². The molecule has 0 aliphatic heterocycles. The van der Waals surface area contributed by atoms with Crippen LogP contribution in [-0.2, 0) is 38.6 Å². The molecule has 1 aromatic heterocycles. The van der Waals surface area contributed by atoms with Gasteiger partial charge in [0.2, 0.25) is 0 Å². The number of phenolic OH excluding ortho intramolecular Hbond substituents is 1. The van der Waals surface area contributed by atoms with E-state index in [1.807, 2.05) is 24.3 Å². The minimum Gasteiger partial charge on any atom is -0.507 e. The maximum absolute atomic E-state index is 10.8. The Balaban J connectivity index is 0.00000442. The van der Waals surface area contributed by atoms with Gasteiger partial charge in [-0.05, 0) is 51.1 Å². The summed E-state index contributed by atoms with van der Waals surface area (Å²) in [6.07, 6.45) is 0. The van der Waals surface area contributed by atoms with Gasteiger partial charge >= 0.3 is 0 Å². The fraction of sp³-hybridized carbons (Fsp3) is 0.293. The van der Waals surface area contributed by atoms with Crippen molar-refractivity contribution in [3.8, 4) is 50.5 Å². The van der Waals surface area contributed by atoms with Crippen molar-refractivity contribution in [3.05, 3.63) is 120 Å². The maximum Gasteiger partial charge on any atom is 0.124 e. The SMILES string of the molecule is CC(C)(C)c1c[c-]c(-c2[c-]c(-c3cccc(-c4cc(C(C)(C)C)ccc4O)n3)cc(-c3ccc(C(C)(C)C)cc3)c2)cc1.[Au]. The Morgan fingerprint density at radius 1 is 0.545 bits per heavy atom.